The van der Waals surface area contributed by atoms with Crippen molar-refractivity contribution in [3.05, 3.63) is 53.6 Å². The van der Waals surface area contributed by atoms with Crippen LogP contribution in [-0.2, 0) is 21.3 Å². The topological polar surface area (TPSA) is 82.1 Å². The van der Waals surface area contributed by atoms with Crippen LogP contribution in [0, 0.1) is 0 Å². The van der Waals surface area contributed by atoms with Gasteiger partial charge < -0.3 is 14.2 Å². The second-order valence-corrected chi connectivity index (χ2v) is 8.15. The number of nitrogens with zero attached hydrogens (tertiary/aromatic N) is 1. The number of carbonyl (C=O) groups is 1. The number of hydrogen-bond donors (Lipinski definition) is 0. The molecule has 144 valence electrons. The number of methoxy groups -OCH3 is 1. The third kappa shape index (κ3) is 4.23. The van der Waals surface area contributed by atoms with E-state index in [2.05, 4.69) is 4.74 Å². The Morgan fingerprint density at radius 3 is 2.41 bits per heavy atom. The molecule has 0 atom stereocenters. The van der Waals surface area contributed by atoms with Crippen LogP contribution in [0.15, 0.2) is 47.4 Å². The highest BCUT2D eigenvalue weighted by molar-refractivity contribution is 7.89. The molecule has 2 aromatic rings. The molecule has 0 bridgehead atoms. The van der Waals surface area contributed by atoms with E-state index in [1.165, 1.54) is 30.6 Å². The van der Waals surface area contributed by atoms with Crippen LogP contribution < -0.4 is 9.47 Å². The van der Waals surface area contributed by atoms with Crippen LogP contribution in [0.4, 0.5) is 0 Å². The Labute approximate surface area is 158 Å². The fraction of sp³-hybridized carbons (Fsp3) is 0.316. The molecule has 0 N–H and O–H groups in total. The molecule has 1 heterocycles. The molecule has 0 saturated heterocycles. The van der Waals surface area contributed by atoms with Crippen molar-refractivity contribution in [2.45, 2.75) is 17.9 Å². The maximum Gasteiger partial charge on any atom is 0.337 e. The predicted octanol–water partition coefficient (Wildman–Crippen LogP) is 2.46. The number of ether oxygens (including phenoxy) is 3. The SMILES string of the molecule is COC(=O)c1ccc(CN(C)S(=O)(=O)c2ccc3c(c2)OCCCO3)cc1. The lowest BCUT2D eigenvalue weighted by Gasteiger charge is -2.18. The number of carbonyl (C=O) groups excluding carboxylic acids is 1. The molecule has 0 aliphatic carbocycles. The van der Waals surface area contributed by atoms with E-state index in [0.717, 1.165) is 12.0 Å². The minimum absolute atomic E-state index is 0.139. The Morgan fingerprint density at radius 2 is 1.74 bits per heavy atom. The number of rotatable bonds is 5. The van der Waals surface area contributed by atoms with Crippen molar-refractivity contribution in [1.29, 1.82) is 0 Å². The summed E-state index contributed by atoms with van der Waals surface area (Å²) < 4.78 is 42.8. The Kier molecular flexibility index (Phi) is 5.67. The molecule has 7 nitrogen and oxygen atoms in total. The summed E-state index contributed by atoms with van der Waals surface area (Å²) in [6, 6.07) is 11.2. The Bertz CT molecular complexity index is 924. The van der Waals surface area contributed by atoms with Gasteiger partial charge in [-0.15, -0.1) is 0 Å². The van der Waals surface area contributed by atoms with Crippen LogP contribution >= 0.6 is 0 Å². The van der Waals surface area contributed by atoms with Crippen LogP contribution in [0.2, 0.25) is 0 Å². The minimum atomic E-state index is -3.71. The zero-order valence-electron chi connectivity index (χ0n) is 15.2. The molecule has 3 rings (SSSR count). The highest BCUT2D eigenvalue weighted by atomic mass is 32.2. The van der Waals surface area contributed by atoms with Crippen molar-refractivity contribution >= 4 is 16.0 Å². The lowest BCUT2D eigenvalue weighted by Crippen LogP contribution is -2.26. The molecule has 0 aromatic heterocycles. The van der Waals surface area contributed by atoms with Gasteiger partial charge in [0.05, 0.1) is 30.8 Å². The molecule has 0 spiro atoms. The lowest BCUT2D eigenvalue weighted by atomic mass is 10.1. The molecule has 0 saturated carbocycles. The molecule has 27 heavy (non-hydrogen) atoms. The van der Waals surface area contributed by atoms with Crippen molar-refractivity contribution in [3.8, 4) is 11.5 Å². The van der Waals surface area contributed by atoms with Gasteiger partial charge in [-0.25, -0.2) is 13.2 Å². The van der Waals surface area contributed by atoms with Crippen LogP contribution in [0.5, 0.6) is 11.5 Å². The lowest BCUT2D eigenvalue weighted by molar-refractivity contribution is 0.0600. The number of benzene rings is 2. The maximum atomic E-state index is 12.9. The van der Waals surface area contributed by atoms with Crippen molar-refractivity contribution in [3.63, 3.8) is 0 Å². The average molecular weight is 391 g/mol. The summed E-state index contributed by atoms with van der Waals surface area (Å²) in [7, 11) is -0.890. The maximum absolute atomic E-state index is 12.9. The number of fused-ring (bicyclic) bond motifs is 1. The van der Waals surface area contributed by atoms with Gasteiger partial charge in [0.25, 0.3) is 0 Å². The Balaban J connectivity index is 1.78. The summed E-state index contributed by atoms with van der Waals surface area (Å²) in [5.74, 6) is 0.548. The van der Waals surface area contributed by atoms with E-state index in [-0.39, 0.29) is 11.4 Å². The standard InChI is InChI=1S/C19H21NO6S/c1-20(13-14-4-6-15(7-5-14)19(21)24-2)27(22,23)16-8-9-17-18(12-16)26-11-3-10-25-17/h4-9,12H,3,10-11,13H2,1-2H3. The van der Waals surface area contributed by atoms with Crippen LogP contribution in [0.1, 0.15) is 22.3 Å². The zero-order valence-corrected chi connectivity index (χ0v) is 16.0. The summed E-state index contributed by atoms with van der Waals surface area (Å²) in [4.78, 5) is 11.6. The van der Waals surface area contributed by atoms with Gasteiger partial charge in [0.1, 0.15) is 0 Å². The van der Waals surface area contributed by atoms with Gasteiger partial charge in [-0.2, -0.15) is 4.31 Å². The number of sulfonamides is 1. The largest absolute Gasteiger partial charge is 0.490 e. The minimum Gasteiger partial charge on any atom is -0.490 e. The van der Waals surface area contributed by atoms with Crippen molar-refractivity contribution in [1.82, 2.24) is 4.31 Å². The van der Waals surface area contributed by atoms with Gasteiger partial charge in [-0.3, -0.25) is 0 Å². The summed E-state index contributed by atoms with van der Waals surface area (Å²) >= 11 is 0. The summed E-state index contributed by atoms with van der Waals surface area (Å²) in [5, 5.41) is 0. The van der Waals surface area contributed by atoms with Gasteiger partial charge >= 0.3 is 5.97 Å². The molecular weight excluding hydrogens is 370 g/mol. The fourth-order valence-electron chi connectivity index (χ4n) is 2.69. The summed E-state index contributed by atoms with van der Waals surface area (Å²) in [6.07, 6.45) is 0.748. The molecule has 2 aromatic carbocycles. The van der Waals surface area contributed by atoms with E-state index in [1.54, 1.807) is 30.3 Å². The van der Waals surface area contributed by atoms with Crippen LogP contribution in [0.25, 0.3) is 0 Å². The van der Waals surface area contributed by atoms with Gasteiger partial charge in [0.2, 0.25) is 10.0 Å². The molecular formula is C19H21NO6S. The zero-order chi connectivity index (χ0) is 19.4. The van der Waals surface area contributed by atoms with Crippen molar-refractivity contribution < 1.29 is 27.4 Å². The van der Waals surface area contributed by atoms with Gasteiger partial charge in [-0.1, -0.05) is 12.1 Å². The fourth-order valence-corrected chi connectivity index (χ4v) is 3.87. The summed E-state index contributed by atoms with van der Waals surface area (Å²) in [5.41, 5.74) is 1.16. The monoisotopic (exact) mass is 391 g/mol. The van der Waals surface area contributed by atoms with Crippen molar-refractivity contribution in [2.24, 2.45) is 0 Å². The second-order valence-electron chi connectivity index (χ2n) is 6.11. The molecule has 0 amide bonds. The molecule has 0 unspecified atom stereocenters. The first kappa shape index (κ1) is 19.2. The average Bonchev–Trinajstić information content (AvgIpc) is 2.92. The first-order valence-corrected chi connectivity index (χ1v) is 9.89. The second kappa shape index (κ2) is 7.98. The van der Waals surface area contributed by atoms with E-state index in [0.29, 0.717) is 30.3 Å². The van der Waals surface area contributed by atoms with E-state index in [4.69, 9.17) is 9.47 Å². The van der Waals surface area contributed by atoms with Crippen LogP contribution in [0.3, 0.4) is 0 Å². The van der Waals surface area contributed by atoms with Crippen molar-refractivity contribution in [2.75, 3.05) is 27.4 Å². The van der Waals surface area contributed by atoms with E-state index < -0.39 is 16.0 Å². The third-order valence-electron chi connectivity index (χ3n) is 4.21. The normalized spacial score (nSPS) is 13.9. The van der Waals surface area contributed by atoms with Gasteiger partial charge in [-0.05, 0) is 29.8 Å². The first-order chi connectivity index (χ1) is 12.9. The van der Waals surface area contributed by atoms with Crippen LogP contribution in [-0.4, -0.2) is 46.1 Å². The number of esters is 1. The number of hydrogen-bond acceptors (Lipinski definition) is 6. The van der Waals surface area contributed by atoms with E-state index in [1.807, 2.05) is 0 Å². The third-order valence-corrected chi connectivity index (χ3v) is 6.01. The van der Waals surface area contributed by atoms with Gasteiger partial charge in [0.15, 0.2) is 11.5 Å². The first-order valence-electron chi connectivity index (χ1n) is 8.45. The van der Waals surface area contributed by atoms with E-state index in [9.17, 15) is 13.2 Å². The highest BCUT2D eigenvalue weighted by Gasteiger charge is 2.23. The molecule has 1 aliphatic rings. The summed E-state index contributed by atoms with van der Waals surface area (Å²) in [6.45, 7) is 1.19. The highest BCUT2D eigenvalue weighted by Crippen LogP contribution is 2.32. The molecule has 8 heteroatoms. The molecule has 0 radical (unpaired) electrons. The molecule has 0 fully saturated rings. The Morgan fingerprint density at radius 1 is 1.07 bits per heavy atom. The molecule has 1 aliphatic heterocycles. The Hall–Kier alpha value is -2.58. The van der Waals surface area contributed by atoms with E-state index >= 15 is 0 Å². The smallest absolute Gasteiger partial charge is 0.337 e. The quantitative estimate of drug-likeness (QED) is 0.728. The van der Waals surface area contributed by atoms with Gasteiger partial charge in [0, 0.05) is 26.1 Å². The predicted molar refractivity (Wildman–Crippen MR) is 98.5 cm³/mol.